The molecule has 2 heteroatoms. The Bertz CT molecular complexity index is 164. The molecule has 1 fully saturated rings. The smallest absolute Gasteiger partial charge is 0.0268 e. The normalized spacial score (nSPS) is 21.4. The minimum Gasteiger partial charge on any atom is -0.0939 e. The van der Waals surface area contributed by atoms with E-state index in [9.17, 15) is 0 Å². The highest BCUT2D eigenvalue weighted by Crippen LogP contribution is 2.52. The summed E-state index contributed by atoms with van der Waals surface area (Å²) in [5.74, 6) is 1.25. The number of hydrogen-bond acceptors (Lipinski definition) is 2. The lowest BCUT2D eigenvalue weighted by atomic mass is 9.83. The molecule has 0 N–H and O–H groups in total. The number of hydrogen-bond donors (Lipinski definition) is 0. The molecule has 0 unspecified atom stereocenters. The third-order valence-electron chi connectivity index (χ3n) is 2.72. The van der Waals surface area contributed by atoms with Crippen LogP contribution >= 0.6 is 21.6 Å². The Morgan fingerprint density at radius 3 is 2.14 bits per heavy atom. The first-order valence-electron chi connectivity index (χ1n) is 5.78. The summed E-state index contributed by atoms with van der Waals surface area (Å²) >= 11 is 0. The van der Waals surface area contributed by atoms with Gasteiger partial charge in [-0.15, -0.1) is 0 Å². The van der Waals surface area contributed by atoms with Gasteiger partial charge in [0.2, 0.25) is 0 Å². The summed E-state index contributed by atoms with van der Waals surface area (Å²) in [6, 6.07) is 0. The summed E-state index contributed by atoms with van der Waals surface area (Å²) in [5, 5.41) is 0. The molecule has 0 radical (unpaired) electrons. The summed E-state index contributed by atoms with van der Waals surface area (Å²) in [5.41, 5.74) is 0.492. The van der Waals surface area contributed by atoms with E-state index in [2.05, 4.69) is 49.3 Å². The molecule has 0 atom stereocenters. The Morgan fingerprint density at radius 1 is 1.14 bits per heavy atom. The van der Waals surface area contributed by atoms with Gasteiger partial charge in [-0.25, -0.2) is 0 Å². The van der Waals surface area contributed by atoms with E-state index in [1.54, 1.807) is 0 Å². The number of rotatable bonds is 4. The van der Waals surface area contributed by atoms with Crippen molar-refractivity contribution >= 4 is 21.6 Å². The van der Waals surface area contributed by atoms with Crippen LogP contribution in [0.4, 0.5) is 0 Å². The topological polar surface area (TPSA) is 0 Å². The molecule has 0 amide bonds. The average molecular weight is 232 g/mol. The monoisotopic (exact) mass is 232 g/mol. The Morgan fingerprint density at radius 2 is 1.71 bits per heavy atom. The quantitative estimate of drug-likeness (QED) is 0.616. The van der Waals surface area contributed by atoms with Gasteiger partial charge < -0.3 is 0 Å². The van der Waals surface area contributed by atoms with Crippen LogP contribution in [0.5, 0.6) is 0 Å². The van der Waals surface area contributed by atoms with Gasteiger partial charge in [0, 0.05) is 10.5 Å². The van der Waals surface area contributed by atoms with E-state index in [0.29, 0.717) is 10.2 Å². The fourth-order valence-corrected chi connectivity index (χ4v) is 5.55. The molecule has 1 aliphatic rings. The molecule has 0 saturated heterocycles. The van der Waals surface area contributed by atoms with Crippen molar-refractivity contribution in [3.8, 4) is 0 Å². The molecule has 0 aromatic heterocycles. The summed E-state index contributed by atoms with van der Waals surface area (Å²) in [6.07, 6.45) is 7.18. The second-order valence-electron chi connectivity index (χ2n) is 5.62. The van der Waals surface area contributed by atoms with Crippen LogP contribution in [0.15, 0.2) is 0 Å². The van der Waals surface area contributed by atoms with E-state index >= 15 is 0 Å². The fourth-order valence-electron chi connectivity index (χ4n) is 2.46. The zero-order chi connectivity index (χ0) is 10.7. The molecular weight excluding hydrogens is 208 g/mol. The van der Waals surface area contributed by atoms with Crippen LogP contribution in [0.2, 0.25) is 0 Å². The van der Waals surface area contributed by atoms with Crippen molar-refractivity contribution in [2.45, 2.75) is 64.5 Å². The van der Waals surface area contributed by atoms with Crippen LogP contribution in [-0.4, -0.2) is 10.5 Å². The van der Waals surface area contributed by atoms with E-state index in [-0.39, 0.29) is 0 Å². The van der Waals surface area contributed by atoms with Crippen LogP contribution in [0.25, 0.3) is 0 Å². The van der Waals surface area contributed by atoms with Crippen molar-refractivity contribution in [2.75, 3.05) is 5.75 Å². The molecule has 0 aromatic rings. The first-order chi connectivity index (χ1) is 6.47. The molecule has 0 nitrogen and oxygen atoms in total. The van der Waals surface area contributed by atoms with Crippen molar-refractivity contribution in [3.05, 3.63) is 0 Å². The molecule has 1 rings (SSSR count). The Kier molecular flexibility index (Phi) is 4.70. The zero-order valence-corrected chi connectivity index (χ0v) is 11.7. The molecule has 0 spiro atoms. The van der Waals surface area contributed by atoms with Crippen LogP contribution in [0.1, 0.15) is 59.8 Å². The Labute approximate surface area is 97.4 Å². The molecule has 1 aliphatic carbocycles. The van der Waals surface area contributed by atoms with Crippen molar-refractivity contribution in [1.82, 2.24) is 0 Å². The van der Waals surface area contributed by atoms with Gasteiger partial charge in [0.1, 0.15) is 0 Å². The lowest BCUT2D eigenvalue weighted by molar-refractivity contribution is 0.321. The minimum absolute atomic E-state index is 0.492. The van der Waals surface area contributed by atoms with E-state index < -0.39 is 0 Å². The predicted molar refractivity (Wildman–Crippen MR) is 71.0 cm³/mol. The molecule has 0 aromatic carbocycles. The van der Waals surface area contributed by atoms with E-state index in [0.717, 1.165) is 0 Å². The highest BCUT2D eigenvalue weighted by molar-refractivity contribution is 8.77. The van der Waals surface area contributed by atoms with Crippen molar-refractivity contribution in [1.29, 1.82) is 0 Å². The standard InChI is InChI=1S/C12H24S2/c1-5-13-14-12(8-6-7-9-12)10-11(2,3)4/h5-10H2,1-4H3. The summed E-state index contributed by atoms with van der Waals surface area (Å²) in [6.45, 7) is 9.40. The van der Waals surface area contributed by atoms with Gasteiger partial charge >= 0.3 is 0 Å². The van der Waals surface area contributed by atoms with Gasteiger partial charge in [0.25, 0.3) is 0 Å². The molecule has 0 bridgehead atoms. The molecule has 0 heterocycles. The van der Waals surface area contributed by atoms with Gasteiger partial charge in [-0.3, -0.25) is 0 Å². The maximum absolute atomic E-state index is 2.38. The largest absolute Gasteiger partial charge is 0.0939 e. The van der Waals surface area contributed by atoms with E-state index in [1.807, 2.05) is 0 Å². The lowest BCUT2D eigenvalue weighted by Crippen LogP contribution is -2.26. The zero-order valence-electron chi connectivity index (χ0n) is 10.1. The van der Waals surface area contributed by atoms with Gasteiger partial charge in [-0.1, -0.05) is 62.1 Å². The highest BCUT2D eigenvalue weighted by atomic mass is 33.1. The first kappa shape index (κ1) is 12.8. The average Bonchev–Trinajstić information content (AvgIpc) is 2.47. The second-order valence-corrected chi connectivity index (χ2v) is 8.67. The maximum Gasteiger partial charge on any atom is 0.0268 e. The van der Waals surface area contributed by atoms with Crippen LogP contribution < -0.4 is 0 Å². The minimum atomic E-state index is 0.492. The van der Waals surface area contributed by atoms with Crippen molar-refractivity contribution < 1.29 is 0 Å². The van der Waals surface area contributed by atoms with Crippen molar-refractivity contribution in [3.63, 3.8) is 0 Å². The maximum atomic E-state index is 2.38. The van der Waals surface area contributed by atoms with Gasteiger partial charge in [0.05, 0.1) is 0 Å². The predicted octanol–water partition coefficient (Wildman–Crippen LogP) is 5.14. The fraction of sp³-hybridized carbons (Fsp3) is 1.00. The SMILES string of the molecule is CCSSC1(CC(C)(C)C)CCCC1. The highest BCUT2D eigenvalue weighted by Gasteiger charge is 2.37. The molecular formula is C12H24S2. The van der Waals surface area contributed by atoms with Gasteiger partial charge in [-0.05, 0) is 24.7 Å². The Balaban J connectivity index is 2.53. The summed E-state index contributed by atoms with van der Waals surface area (Å²) in [4.78, 5) is 0. The lowest BCUT2D eigenvalue weighted by Gasteiger charge is -2.34. The van der Waals surface area contributed by atoms with Crippen molar-refractivity contribution in [2.24, 2.45) is 5.41 Å². The second kappa shape index (κ2) is 5.16. The first-order valence-corrected chi connectivity index (χ1v) is 8.10. The van der Waals surface area contributed by atoms with Gasteiger partial charge in [-0.2, -0.15) is 0 Å². The van der Waals surface area contributed by atoms with Crippen LogP contribution in [0, 0.1) is 5.41 Å². The third kappa shape index (κ3) is 4.06. The van der Waals surface area contributed by atoms with Crippen LogP contribution in [-0.2, 0) is 0 Å². The van der Waals surface area contributed by atoms with E-state index in [4.69, 9.17) is 0 Å². The molecule has 14 heavy (non-hydrogen) atoms. The molecule has 84 valence electrons. The van der Waals surface area contributed by atoms with Crippen LogP contribution in [0.3, 0.4) is 0 Å². The summed E-state index contributed by atoms with van der Waals surface area (Å²) in [7, 11) is 4.24. The third-order valence-corrected chi connectivity index (χ3v) is 6.10. The molecule has 0 aliphatic heterocycles. The Hall–Kier alpha value is 0.700. The summed E-state index contributed by atoms with van der Waals surface area (Å²) < 4.78 is 0.610. The molecule has 1 saturated carbocycles. The van der Waals surface area contributed by atoms with E-state index in [1.165, 1.54) is 37.9 Å². The van der Waals surface area contributed by atoms with Gasteiger partial charge in [0.15, 0.2) is 0 Å².